The van der Waals surface area contributed by atoms with E-state index >= 15 is 0 Å². The van der Waals surface area contributed by atoms with Crippen LogP contribution in [-0.2, 0) is 9.53 Å². The van der Waals surface area contributed by atoms with E-state index in [1.807, 2.05) is 0 Å². The predicted molar refractivity (Wildman–Crippen MR) is 33.7 cm³/mol. The molecule has 0 saturated heterocycles. The molecular formula is C7H11O2. The van der Waals surface area contributed by atoms with Crippen molar-refractivity contribution in [2.24, 2.45) is 0 Å². The minimum absolute atomic E-state index is 0.0885. The Morgan fingerprint density at radius 1 is 1.67 bits per heavy atom. The zero-order valence-corrected chi connectivity index (χ0v) is 5.64. The molecule has 0 heterocycles. The lowest BCUT2D eigenvalue weighted by molar-refractivity contribution is -0.142. The number of hydrogen-bond donors (Lipinski definition) is 0. The largest absolute Gasteiger partial charge is 0.465 e. The van der Waals surface area contributed by atoms with Crippen LogP contribution >= 0.6 is 0 Å². The van der Waals surface area contributed by atoms with Gasteiger partial charge in [0.2, 0.25) is 0 Å². The Morgan fingerprint density at radius 2 is 2.33 bits per heavy atom. The van der Waals surface area contributed by atoms with Crippen LogP contribution in [0.15, 0.2) is 0 Å². The number of carbonyl (C=O) groups is 1. The molecule has 2 heteroatoms. The lowest BCUT2D eigenvalue weighted by atomic mass is 10.4. The summed E-state index contributed by atoms with van der Waals surface area (Å²) in [4.78, 5) is 10.5. The first-order chi connectivity index (χ1) is 4.33. The summed E-state index contributed by atoms with van der Waals surface area (Å²) in [5.74, 6) is 1.28. The first kappa shape index (κ1) is 6.59. The predicted octanol–water partition coefficient (Wildman–Crippen LogP) is 1.31. The fourth-order valence-electron chi connectivity index (χ4n) is 0.517. The van der Waals surface area contributed by atoms with E-state index in [1.54, 1.807) is 6.92 Å². The lowest BCUT2D eigenvalue weighted by Gasteiger charge is -1.98. The van der Waals surface area contributed by atoms with Crippen LogP contribution in [0.2, 0.25) is 0 Å². The monoisotopic (exact) mass is 127 g/mol. The molecule has 0 aliphatic heterocycles. The van der Waals surface area contributed by atoms with E-state index in [-0.39, 0.29) is 5.97 Å². The van der Waals surface area contributed by atoms with Crippen LogP contribution in [0.25, 0.3) is 0 Å². The Morgan fingerprint density at radius 3 is 2.78 bits per heavy atom. The highest BCUT2D eigenvalue weighted by Crippen LogP contribution is 2.31. The number of ether oxygens (including phenoxy) is 1. The fraction of sp³-hybridized carbons (Fsp3) is 0.714. The first-order valence-corrected chi connectivity index (χ1v) is 3.32. The summed E-state index contributed by atoms with van der Waals surface area (Å²) >= 11 is 0. The molecule has 2 nitrogen and oxygen atoms in total. The number of carbonyl (C=O) groups excluding carboxylic acids is 1. The van der Waals surface area contributed by atoms with Crippen molar-refractivity contribution in [1.82, 2.24) is 0 Å². The van der Waals surface area contributed by atoms with Gasteiger partial charge in [0.1, 0.15) is 0 Å². The molecule has 1 aliphatic carbocycles. The van der Waals surface area contributed by atoms with E-state index in [4.69, 9.17) is 4.74 Å². The molecule has 1 rings (SSSR count). The third-order valence-electron chi connectivity index (χ3n) is 1.33. The molecular weight excluding hydrogens is 116 g/mol. The average Bonchev–Trinajstić information content (AvgIpc) is 2.65. The zero-order valence-electron chi connectivity index (χ0n) is 5.64. The van der Waals surface area contributed by atoms with Gasteiger partial charge in [0.15, 0.2) is 0 Å². The number of esters is 1. The van der Waals surface area contributed by atoms with Crippen LogP contribution in [0.5, 0.6) is 0 Å². The quantitative estimate of drug-likeness (QED) is 0.534. The van der Waals surface area contributed by atoms with Crippen molar-refractivity contribution in [1.29, 1.82) is 0 Å². The molecule has 0 unspecified atom stereocenters. The SMILES string of the molecule is CCC(=O)OC[C]1CC1. The molecule has 1 fully saturated rings. The summed E-state index contributed by atoms with van der Waals surface area (Å²) in [5.41, 5.74) is 0. The van der Waals surface area contributed by atoms with E-state index in [0.717, 1.165) is 12.8 Å². The van der Waals surface area contributed by atoms with Crippen molar-refractivity contribution in [3.05, 3.63) is 5.92 Å². The molecule has 51 valence electrons. The van der Waals surface area contributed by atoms with Gasteiger partial charge in [-0.25, -0.2) is 0 Å². The highest BCUT2D eigenvalue weighted by atomic mass is 16.5. The van der Waals surface area contributed by atoms with Gasteiger partial charge >= 0.3 is 5.97 Å². The zero-order chi connectivity index (χ0) is 6.69. The molecule has 1 aliphatic rings. The maximum Gasteiger partial charge on any atom is 0.305 e. The second-order valence-corrected chi connectivity index (χ2v) is 2.26. The average molecular weight is 127 g/mol. The molecule has 0 N–H and O–H groups in total. The van der Waals surface area contributed by atoms with Gasteiger partial charge in [-0.3, -0.25) is 4.79 Å². The molecule has 0 atom stereocenters. The van der Waals surface area contributed by atoms with Crippen molar-refractivity contribution in [2.75, 3.05) is 6.61 Å². The lowest BCUT2D eigenvalue weighted by Crippen LogP contribution is -2.03. The van der Waals surface area contributed by atoms with E-state index in [2.05, 4.69) is 0 Å². The maximum absolute atomic E-state index is 10.5. The molecule has 0 aromatic carbocycles. The minimum atomic E-state index is -0.0885. The topological polar surface area (TPSA) is 26.3 Å². The molecule has 0 aromatic heterocycles. The number of hydrogen-bond acceptors (Lipinski definition) is 2. The van der Waals surface area contributed by atoms with Gasteiger partial charge in [-0.2, -0.15) is 0 Å². The molecule has 1 radical (unpaired) electrons. The first-order valence-electron chi connectivity index (χ1n) is 3.32. The smallest absolute Gasteiger partial charge is 0.305 e. The van der Waals surface area contributed by atoms with Crippen molar-refractivity contribution in [2.45, 2.75) is 26.2 Å². The van der Waals surface area contributed by atoms with E-state index < -0.39 is 0 Å². The van der Waals surface area contributed by atoms with Crippen molar-refractivity contribution < 1.29 is 9.53 Å². The van der Waals surface area contributed by atoms with E-state index in [9.17, 15) is 4.79 Å². The van der Waals surface area contributed by atoms with Gasteiger partial charge in [-0.15, -0.1) is 0 Å². The van der Waals surface area contributed by atoms with E-state index in [1.165, 1.54) is 5.92 Å². The summed E-state index contributed by atoms with van der Waals surface area (Å²) in [7, 11) is 0. The summed E-state index contributed by atoms with van der Waals surface area (Å²) in [6.45, 7) is 2.38. The standard InChI is InChI=1S/C7H11O2/c1-2-7(8)9-5-6-3-4-6/h2-5H2,1H3. The highest BCUT2D eigenvalue weighted by Gasteiger charge is 2.23. The summed E-state index contributed by atoms with van der Waals surface area (Å²) in [6, 6.07) is 0. The van der Waals surface area contributed by atoms with Crippen LogP contribution < -0.4 is 0 Å². The van der Waals surface area contributed by atoms with Crippen LogP contribution in [0.4, 0.5) is 0 Å². The van der Waals surface area contributed by atoms with Crippen LogP contribution in [0.1, 0.15) is 26.2 Å². The second kappa shape index (κ2) is 2.85. The van der Waals surface area contributed by atoms with Crippen LogP contribution in [0.3, 0.4) is 0 Å². The fourth-order valence-corrected chi connectivity index (χ4v) is 0.517. The van der Waals surface area contributed by atoms with Gasteiger partial charge in [0.05, 0.1) is 6.61 Å². The van der Waals surface area contributed by atoms with Gasteiger partial charge < -0.3 is 4.74 Å². The Balaban J connectivity index is 1.96. The molecule has 0 spiro atoms. The maximum atomic E-state index is 10.5. The van der Waals surface area contributed by atoms with Crippen molar-refractivity contribution in [3.8, 4) is 0 Å². The Labute approximate surface area is 55.2 Å². The third kappa shape index (κ3) is 2.49. The van der Waals surface area contributed by atoms with Gasteiger partial charge in [-0.05, 0) is 12.8 Å². The summed E-state index contributed by atoms with van der Waals surface area (Å²) in [6.07, 6.45) is 2.82. The molecule has 0 aromatic rings. The molecule has 0 bridgehead atoms. The van der Waals surface area contributed by atoms with Gasteiger partial charge in [0.25, 0.3) is 0 Å². The van der Waals surface area contributed by atoms with Gasteiger partial charge in [0, 0.05) is 12.3 Å². The normalized spacial score (nSPS) is 17.4. The third-order valence-corrected chi connectivity index (χ3v) is 1.33. The minimum Gasteiger partial charge on any atom is -0.465 e. The van der Waals surface area contributed by atoms with E-state index in [0.29, 0.717) is 13.0 Å². The Bertz CT molecular complexity index is 105. The van der Waals surface area contributed by atoms with Crippen molar-refractivity contribution >= 4 is 5.97 Å². The molecule has 9 heavy (non-hydrogen) atoms. The van der Waals surface area contributed by atoms with Crippen LogP contribution in [-0.4, -0.2) is 12.6 Å². The number of rotatable bonds is 3. The van der Waals surface area contributed by atoms with Crippen LogP contribution in [0, 0.1) is 5.92 Å². The second-order valence-electron chi connectivity index (χ2n) is 2.26. The molecule has 1 saturated carbocycles. The van der Waals surface area contributed by atoms with Crippen molar-refractivity contribution in [3.63, 3.8) is 0 Å². The van der Waals surface area contributed by atoms with Gasteiger partial charge in [-0.1, -0.05) is 6.92 Å². The highest BCUT2D eigenvalue weighted by molar-refractivity contribution is 5.69. The Kier molecular flexibility index (Phi) is 2.09. The Hall–Kier alpha value is -0.530. The summed E-state index contributed by atoms with van der Waals surface area (Å²) < 4.78 is 4.84. The summed E-state index contributed by atoms with van der Waals surface area (Å²) in [5, 5.41) is 0. The molecule has 0 amide bonds.